The summed E-state index contributed by atoms with van der Waals surface area (Å²) in [5.74, 6) is 0.435. The van der Waals surface area contributed by atoms with Crippen molar-refractivity contribution >= 4 is 24.8 Å². The van der Waals surface area contributed by atoms with Crippen LogP contribution in [0.4, 0.5) is 4.79 Å². The van der Waals surface area contributed by atoms with Crippen molar-refractivity contribution < 1.29 is 9.21 Å². The van der Waals surface area contributed by atoms with Gasteiger partial charge in [0, 0.05) is 12.1 Å². The van der Waals surface area contributed by atoms with Crippen LogP contribution in [-0.2, 0) is 0 Å². The molecule has 2 radical (unpaired) electrons. The number of aromatic nitrogens is 1. The zero-order chi connectivity index (χ0) is 11.8. The molecule has 4 nitrogen and oxygen atoms in total. The fourth-order valence-electron chi connectivity index (χ4n) is 2.29. The summed E-state index contributed by atoms with van der Waals surface area (Å²) < 4.78 is 5.40. The lowest BCUT2D eigenvalue weighted by Crippen LogP contribution is -2.24. The second kappa shape index (κ2) is 3.91. The molecule has 2 unspecified atom stereocenters. The van der Waals surface area contributed by atoms with Crippen LogP contribution in [0.2, 0.25) is 0 Å². The summed E-state index contributed by atoms with van der Waals surface area (Å²) in [6.07, 6.45) is 2.52. The van der Waals surface area contributed by atoms with Gasteiger partial charge in [-0.2, -0.15) is 0 Å². The van der Waals surface area contributed by atoms with Crippen molar-refractivity contribution in [1.29, 1.82) is 0 Å². The van der Waals surface area contributed by atoms with Crippen molar-refractivity contribution in [2.24, 2.45) is 5.92 Å². The highest BCUT2D eigenvalue weighted by atomic mass is 16.3. The number of hydrogen-bond acceptors (Lipinski definition) is 3. The van der Waals surface area contributed by atoms with Crippen LogP contribution in [0.5, 0.6) is 0 Å². The largest absolute Gasteiger partial charge is 0.443 e. The molecule has 1 N–H and O–H groups in total. The maximum atomic E-state index is 10.6. The Morgan fingerprint density at radius 3 is 3.29 bits per heavy atom. The van der Waals surface area contributed by atoms with Crippen LogP contribution in [0.1, 0.15) is 17.9 Å². The van der Waals surface area contributed by atoms with Gasteiger partial charge in [0.05, 0.1) is 0 Å². The van der Waals surface area contributed by atoms with E-state index in [9.17, 15) is 4.79 Å². The van der Waals surface area contributed by atoms with Crippen molar-refractivity contribution in [3.8, 4) is 0 Å². The van der Waals surface area contributed by atoms with Crippen LogP contribution in [-0.4, -0.2) is 25.2 Å². The first-order valence-corrected chi connectivity index (χ1v) is 5.61. The molecule has 1 aromatic carbocycles. The van der Waals surface area contributed by atoms with E-state index < -0.39 is 5.81 Å². The number of benzene rings is 1. The first kappa shape index (κ1) is 10.4. The number of hydrogen-bond donors (Lipinski definition) is 1. The summed E-state index contributed by atoms with van der Waals surface area (Å²) in [5.41, 5.74) is 2.92. The molecule has 1 aliphatic carbocycles. The zero-order valence-corrected chi connectivity index (χ0v) is 9.22. The van der Waals surface area contributed by atoms with Gasteiger partial charge in [0.25, 0.3) is 0 Å². The van der Waals surface area contributed by atoms with Gasteiger partial charge in [-0.3, -0.25) is 4.79 Å². The number of para-hydroxylation sites is 1. The van der Waals surface area contributed by atoms with E-state index in [1.54, 1.807) is 0 Å². The van der Waals surface area contributed by atoms with Crippen molar-refractivity contribution in [2.75, 3.05) is 6.54 Å². The average molecular weight is 226 g/mol. The zero-order valence-electron chi connectivity index (χ0n) is 9.22. The highest BCUT2D eigenvalue weighted by Crippen LogP contribution is 2.48. The van der Waals surface area contributed by atoms with Gasteiger partial charge in [0.15, 0.2) is 25.6 Å². The smallest absolute Gasteiger partial charge is 0.200 e. The molecule has 1 saturated carbocycles. The van der Waals surface area contributed by atoms with Crippen molar-refractivity contribution in [2.45, 2.75) is 12.3 Å². The molecule has 0 spiro atoms. The molecular formula is C12H11BN2O2. The fourth-order valence-corrected chi connectivity index (χ4v) is 2.29. The molecule has 3 rings (SSSR count). The molecule has 84 valence electrons. The molecule has 2 aromatic rings. The van der Waals surface area contributed by atoms with E-state index in [2.05, 4.69) is 16.4 Å². The van der Waals surface area contributed by atoms with E-state index in [0.29, 0.717) is 18.4 Å². The standard InChI is InChI=1S/C12H11BN2O2/c13-12(16)14-5-7-4-9(7)8-2-1-3-10-11(8)17-6-15-10/h1-3,6-7,9H,4-5H2,(H,14,16). The molecule has 1 aromatic heterocycles. The minimum Gasteiger partial charge on any atom is -0.443 e. The van der Waals surface area contributed by atoms with Crippen molar-refractivity contribution in [1.82, 2.24) is 10.3 Å². The van der Waals surface area contributed by atoms with Gasteiger partial charge in [-0.05, 0) is 24.3 Å². The molecular weight excluding hydrogens is 215 g/mol. The minimum atomic E-state index is -0.464. The lowest BCUT2D eigenvalue weighted by Gasteiger charge is -2.02. The molecule has 1 fully saturated rings. The molecule has 0 aliphatic heterocycles. The summed E-state index contributed by atoms with van der Waals surface area (Å²) in [6.45, 7) is 0.629. The second-order valence-electron chi connectivity index (χ2n) is 4.40. The van der Waals surface area contributed by atoms with Crippen molar-refractivity contribution in [3.05, 3.63) is 30.2 Å². The summed E-state index contributed by atoms with van der Waals surface area (Å²) in [6, 6.07) is 5.97. The van der Waals surface area contributed by atoms with E-state index in [1.807, 2.05) is 12.1 Å². The number of carbonyl (C=O) groups excluding carboxylic acids is 1. The van der Waals surface area contributed by atoms with E-state index >= 15 is 0 Å². The maximum Gasteiger partial charge on any atom is 0.200 e. The molecule has 1 aliphatic rings. The van der Waals surface area contributed by atoms with E-state index in [1.165, 1.54) is 12.0 Å². The Morgan fingerprint density at radius 1 is 1.59 bits per heavy atom. The lowest BCUT2D eigenvalue weighted by atomic mass is 10.1. The first-order valence-electron chi connectivity index (χ1n) is 5.61. The SMILES string of the molecule is [B]C(=O)NCC1CC1c1cccc2ncoc12. The summed E-state index contributed by atoms with van der Waals surface area (Å²) in [7, 11) is 5.05. The van der Waals surface area contributed by atoms with Gasteiger partial charge in [-0.15, -0.1) is 0 Å². The van der Waals surface area contributed by atoms with Crippen LogP contribution >= 0.6 is 0 Å². The minimum absolute atomic E-state index is 0.443. The quantitative estimate of drug-likeness (QED) is 0.812. The highest BCUT2D eigenvalue weighted by Gasteiger charge is 2.39. The Morgan fingerprint density at radius 2 is 2.47 bits per heavy atom. The number of amides is 1. The van der Waals surface area contributed by atoms with Crippen LogP contribution in [0.25, 0.3) is 11.1 Å². The van der Waals surface area contributed by atoms with Gasteiger partial charge in [0.1, 0.15) is 5.52 Å². The number of rotatable bonds is 3. The van der Waals surface area contributed by atoms with Crippen LogP contribution in [0, 0.1) is 5.92 Å². The third-order valence-corrected chi connectivity index (χ3v) is 3.25. The van der Waals surface area contributed by atoms with E-state index in [-0.39, 0.29) is 0 Å². The molecule has 0 saturated heterocycles. The van der Waals surface area contributed by atoms with E-state index in [0.717, 1.165) is 17.5 Å². The molecule has 0 bridgehead atoms. The molecule has 1 heterocycles. The lowest BCUT2D eigenvalue weighted by molar-refractivity contribution is 0.259. The molecule has 2 atom stereocenters. The topological polar surface area (TPSA) is 55.1 Å². The predicted molar refractivity (Wildman–Crippen MR) is 64.0 cm³/mol. The Hall–Kier alpha value is -1.78. The number of nitrogens with zero attached hydrogens (tertiary/aromatic N) is 1. The Balaban J connectivity index is 1.78. The van der Waals surface area contributed by atoms with Gasteiger partial charge in [-0.25, -0.2) is 4.98 Å². The third kappa shape index (κ3) is 1.93. The van der Waals surface area contributed by atoms with Crippen LogP contribution < -0.4 is 5.32 Å². The van der Waals surface area contributed by atoms with Gasteiger partial charge >= 0.3 is 0 Å². The summed E-state index contributed by atoms with van der Waals surface area (Å²) in [4.78, 5) is 14.8. The monoisotopic (exact) mass is 226 g/mol. The second-order valence-corrected chi connectivity index (χ2v) is 4.40. The maximum absolute atomic E-state index is 10.6. The first-order chi connectivity index (χ1) is 8.25. The van der Waals surface area contributed by atoms with Crippen LogP contribution in [0.15, 0.2) is 29.0 Å². The summed E-state index contributed by atoms with van der Waals surface area (Å²) in [5, 5.41) is 2.64. The Labute approximate surface area is 99.8 Å². The Bertz CT molecular complexity index is 566. The Kier molecular flexibility index (Phi) is 2.39. The number of nitrogens with one attached hydrogen (secondary N) is 1. The van der Waals surface area contributed by atoms with Crippen LogP contribution in [0.3, 0.4) is 0 Å². The number of fused-ring (bicyclic) bond motifs is 1. The number of oxazole rings is 1. The van der Waals surface area contributed by atoms with E-state index in [4.69, 9.17) is 12.3 Å². The predicted octanol–water partition coefficient (Wildman–Crippen LogP) is 1.81. The molecule has 5 heteroatoms. The molecule has 1 amide bonds. The number of carbonyl (C=O) groups is 1. The third-order valence-electron chi connectivity index (χ3n) is 3.25. The summed E-state index contributed by atoms with van der Waals surface area (Å²) >= 11 is 0. The highest BCUT2D eigenvalue weighted by molar-refractivity contribution is 6.57. The fraction of sp³-hybridized carbons (Fsp3) is 0.333. The normalized spacial score (nSPS) is 22.6. The van der Waals surface area contributed by atoms with Gasteiger partial charge < -0.3 is 9.73 Å². The van der Waals surface area contributed by atoms with Crippen molar-refractivity contribution in [3.63, 3.8) is 0 Å². The van der Waals surface area contributed by atoms with Gasteiger partial charge in [0.2, 0.25) is 0 Å². The molecule has 17 heavy (non-hydrogen) atoms. The van der Waals surface area contributed by atoms with Gasteiger partial charge in [-0.1, -0.05) is 12.1 Å². The average Bonchev–Trinajstić information content (AvgIpc) is 2.92.